The molecule has 6 nitrogen and oxygen atoms in total. The van der Waals surface area contributed by atoms with E-state index in [-0.39, 0.29) is 12.4 Å². The van der Waals surface area contributed by atoms with E-state index in [0.717, 1.165) is 34.8 Å². The molecule has 0 aliphatic carbocycles. The number of ether oxygens (including phenoxy) is 1. The first-order valence-corrected chi connectivity index (χ1v) is 14.0. The molecule has 1 heterocycles. The molecule has 1 unspecified atom stereocenters. The molecule has 1 atom stereocenters. The van der Waals surface area contributed by atoms with Gasteiger partial charge < -0.3 is 25.0 Å². The maximum atomic E-state index is 10.1. The lowest BCUT2D eigenvalue weighted by Crippen LogP contribution is -2.32. The number of hydrogen-bond donors (Lipinski definition) is 4. The number of aliphatic hydroxyl groups excluding tert-OH is 1. The van der Waals surface area contributed by atoms with Crippen molar-refractivity contribution in [2.24, 2.45) is 0 Å². The normalized spacial score (nSPS) is 11.0. The van der Waals surface area contributed by atoms with E-state index >= 15 is 0 Å². The Morgan fingerprint density at radius 3 is 2.37 bits per heavy atom. The molecule has 0 amide bonds. The number of allylic oxidation sites excluding steroid dienone is 1. The van der Waals surface area contributed by atoms with Crippen LogP contribution in [-0.4, -0.2) is 41.0 Å². The topological polar surface area (TPSA) is 86.6 Å². The second-order valence-corrected chi connectivity index (χ2v) is 8.54. The van der Waals surface area contributed by atoms with Crippen LogP contribution in [0.1, 0.15) is 51.4 Å². The number of benzene rings is 2. The monoisotopic (exact) mass is 537 g/mol. The van der Waals surface area contributed by atoms with E-state index in [9.17, 15) is 10.2 Å². The zero-order valence-electron chi connectivity index (χ0n) is 23.3. The van der Waals surface area contributed by atoms with Gasteiger partial charge in [0.25, 0.3) is 0 Å². The molecular weight excluding hydrogens is 494 g/mol. The maximum absolute atomic E-state index is 10.1. The molecule has 38 heavy (non-hydrogen) atoms. The summed E-state index contributed by atoms with van der Waals surface area (Å²) in [6.45, 7) is 15.2. The lowest BCUT2D eigenvalue weighted by Gasteiger charge is -2.13. The van der Waals surface area contributed by atoms with Gasteiger partial charge in [-0.3, -0.25) is 4.98 Å². The number of nitrogens with zero attached hydrogens (tertiary/aromatic N) is 1. The van der Waals surface area contributed by atoms with Gasteiger partial charge in [0.1, 0.15) is 24.2 Å². The van der Waals surface area contributed by atoms with Gasteiger partial charge in [-0.25, -0.2) is 0 Å². The van der Waals surface area contributed by atoms with Gasteiger partial charge >= 0.3 is 0 Å². The van der Waals surface area contributed by atoms with Crippen molar-refractivity contribution in [2.75, 3.05) is 24.4 Å². The van der Waals surface area contributed by atoms with Crippen LogP contribution in [0.25, 0.3) is 12.2 Å². The summed E-state index contributed by atoms with van der Waals surface area (Å²) in [5.41, 5.74) is 4.15. The SMILES string of the molecule is C=Cc1ncc(SNc2ccc(CCNCC(O)COc3ccc(O)cc3)cc2)cc1/C=C\C.CC.CC. The first-order valence-electron chi connectivity index (χ1n) is 13.1. The Bertz CT molecular complexity index is 1070. The average Bonchev–Trinajstić information content (AvgIpc) is 2.97. The third kappa shape index (κ3) is 12.3. The van der Waals surface area contributed by atoms with Gasteiger partial charge in [0.15, 0.2) is 0 Å². The van der Waals surface area contributed by atoms with E-state index < -0.39 is 6.10 Å². The van der Waals surface area contributed by atoms with E-state index in [0.29, 0.717) is 12.3 Å². The molecule has 0 aliphatic heterocycles. The predicted octanol–water partition coefficient (Wildman–Crippen LogP) is 7.21. The molecule has 0 fully saturated rings. The molecule has 1 aromatic heterocycles. The highest BCUT2D eigenvalue weighted by molar-refractivity contribution is 8.00. The first-order chi connectivity index (χ1) is 18.6. The Balaban J connectivity index is 0.00000172. The van der Waals surface area contributed by atoms with E-state index in [1.54, 1.807) is 30.3 Å². The van der Waals surface area contributed by atoms with Crippen molar-refractivity contribution in [2.45, 2.75) is 52.0 Å². The number of aromatic nitrogens is 1. The van der Waals surface area contributed by atoms with E-state index in [4.69, 9.17) is 4.74 Å². The van der Waals surface area contributed by atoms with Gasteiger partial charge in [-0.2, -0.15) is 0 Å². The number of phenols is 1. The number of phenolic OH excluding ortho intramolecular Hbond substituents is 1. The number of hydrogen-bond acceptors (Lipinski definition) is 7. The summed E-state index contributed by atoms with van der Waals surface area (Å²) in [7, 11) is 0. The van der Waals surface area contributed by atoms with Gasteiger partial charge in [0.05, 0.1) is 5.69 Å². The highest BCUT2D eigenvalue weighted by Gasteiger charge is 2.06. The van der Waals surface area contributed by atoms with Crippen LogP contribution >= 0.6 is 11.9 Å². The van der Waals surface area contributed by atoms with Crippen LogP contribution in [0.2, 0.25) is 0 Å². The minimum absolute atomic E-state index is 0.187. The zero-order chi connectivity index (χ0) is 28.2. The van der Waals surface area contributed by atoms with E-state index in [1.807, 2.05) is 53.0 Å². The molecule has 7 heteroatoms. The van der Waals surface area contributed by atoms with Crippen LogP contribution in [-0.2, 0) is 6.42 Å². The fourth-order valence-electron chi connectivity index (χ4n) is 3.16. The second kappa shape index (κ2) is 19.8. The number of rotatable bonds is 13. The van der Waals surface area contributed by atoms with Gasteiger partial charge in [-0.05, 0) is 85.9 Å². The van der Waals surface area contributed by atoms with Crippen LogP contribution in [0.5, 0.6) is 11.5 Å². The second-order valence-electron chi connectivity index (χ2n) is 7.66. The van der Waals surface area contributed by atoms with Crippen molar-refractivity contribution < 1.29 is 14.9 Å². The third-order valence-corrected chi connectivity index (χ3v) is 5.75. The Hall–Kier alpha value is -3.26. The summed E-state index contributed by atoms with van der Waals surface area (Å²) in [5.74, 6) is 0.804. The molecule has 0 saturated heterocycles. The van der Waals surface area contributed by atoms with Crippen molar-refractivity contribution in [3.8, 4) is 11.5 Å². The van der Waals surface area contributed by atoms with Crippen molar-refractivity contribution in [1.82, 2.24) is 10.3 Å². The highest BCUT2D eigenvalue weighted by Crippen LogP contribution is 2.24. The lowest BCUT2D eigenvalue weighted by molar-refractivity contribution is 0.106. The summed E-state index contributed by atoms with van der Waals surface area (Å²) >= 11 is 1.52. The first kappa shape index (κ1) is 32.8. The van der Waals surface area contributed by atoms with E-state index in [1.165, 1.54) is 17.5 Å². The fourth-order valence-corrected chi connectivity index (χ4v) is 3.83. The fraction of sp³-hybridized carbons (Fsp3) is 0.323. The van der Waals surface area contributed by atoms with Crippen LogP contribution in [0, 0.1) is 0 Å². The third-order valence-electron chi connectivity index (χ3n) is 4.95. The quantitative estimate of drug-likeness (QED) is 0.135. The highest BCUT2D eigenvalue weighted by atomic mass is 32.2. The minimum Gasteiger partial charge on any atom is -0.508 e. The Morgan fingerprint density at radius 2 is 1.74 bits per heavy atom. The molecule has 206 valence electrons. The van der Waals surface area contributed by atoms with Gasteiger partial charge in [0.2, 0.25) is 0 Å². The van der Waals surface area contributed by atoms with Crippen molar-refractivity contribution in [3.63, 3.8) is 0 Å². The molecule has 0 spiro atoms. The van der Waals surface area contributed by atoms with Crippen molar-refractivity contribution in [3.05, 3.63) is 90.3 Å². The molecule has 0 bridgehead atoms. The standard InChI is InChI=1S/C27H31N3O3S.2C2H6/c1-3-5-21-16-26(18-29-27(21)4-2)34-30-22-8-6-20(7-9-22)14-15-28-17-24(32)19-33-25-12-10-23(31)11-13-25;2*1-2/h3-13,16,18,24,28,30-32H,2,14-15,17,19H2,1H3;2*1-2H3/b5-3-;;. The van der Waals surface area contributed by atoms with Gasteiger partial charge in [0, 0.05) is 28.9 Å². The predicted molar refractivity (Wildman–Crippen MR) is 164 cm³/mol. The minimum atomic E-state index is -0.610. The van der Waals surface area contributed by atoms with Crippen LogP contribution in [0.3, 0.4) is 0 Å². The van der Waals surface area contributed by atoms with Crippen molar-refractivity contribution in [1.29, 1.82) is 0 Å². The Kier molecular flexibility index (Phi) is 17.1. The van der Waals surface area contributed by atoms with Gasteiger partial charge in [-0.1, -0.05) is 58.6 Å². The molecule has 0 radical (unpaired) electrons. The number of aromatic hydroxyl groups is 1. The molecular formula is C31H43N3O3S. The van der Waals surface area contributed by atoms with Crippen LogP contribution < -0.4 is 14.8 Å². The largest absolute Gasteiger partial charge is 0.508 e. The van der Waals surface area contributed by atoms with Crippen molar-refractivity contribution >= 4 is 29.8 Å². The molecule has 0 saturated carbocycles. The Labute approximate surface area is 233 Å². The van der Waals surface area contributed by atoms with E-state index in [2.05, 4.69) is 51.9 Å². The van der Waals surface area contributed by atoms with Gasteiger partial charge in [-0.15, -0.1) is 0 Å². The average molecular weight is 538 g/mol. The summed E-state index contributed by atoms with van der Waals surface area (Å²) in [6.07, 6.45) is 7.87. The summed E-state index contributed by atoms with van der Waals surface area (Å²) in [5, 5.41) is 22.6. The number of anilines is 1. The summed E-state index contributed by atoms with van der Waals surface area (Å²) < 4.78 is 8.87. The molecule has 0 aliphatic rings. The molecule has 2 aromatic carbocycles. The number of pyridine rings is 1. The summed E-state index contributed by atoms with van der Waals surface area (Å²) in [4.78, 5) is 5.48. The lowest BCUT2D eigenvalue weighted by atomic mass is 10.1. The molecule has 4 N–H and O–H groups in total. The maximum Gasteiger partial charge on any atom is 0.119 e. The van der Waals surface area contributed by atoms with Crippen LogP contribution in [0.4, 0.5) is 5.69 Å². The smallest absolute Gasteiger partial charge is 0.119 e. The molecule has 3 rings (SSSR count). The number of aliphatic hydroxyl groups is 1. The molecule has 3 aromatic rings. The zero-order valence-corrected chi connectivity index (χ0v) is 24.1. The number of nitrogens with one attached hydrogen (secondary N) is 2. The Morgan fingerprint density at radius 1 is 1.05 bits per heavy atom. The van der Waals surface area contributed by atoms with Crippen LogP contribution in [0.15, 0.2) is 78.3 Å². The summed E-state index contributed by atoms with van der Waals surface area (Å²) in [6, 6.07) is 16.8.